The van der Waals surface area contributed by atoms with Crippen LogP contribution in [0.4, 0.5) is 15.8 Å². The molecular formula is C22H16BrFN2O3. The van der Waals surface area contributed by atoms with Gasteiger partial charge in [-0.05, 0) is 48.5 Å². The van der Waals surface area contributed by atoms with Gasteiger partial charge in [0.2, 0.25) is 5.91 Å². The molecule has 0 radical (unpaired) electrons. The molecule has 3 aromatic carbocycles. The molecule has 0 unspecified atom stereocenters. The third kappa shape index (κ3) is 4.94. The Morgan fingerprint density at radius 1 is 0.862 bits per heavy atom. The van der Waals surface area contributed by atoms with Crippen LogP contribution in [-0.4, -0.2) is 17.6 Å². The maximum absolute atomic E-state index is 13.8. The number of amides is 2. The Kier molecular flexibility index (Phi) is 6.19. The van der Waals surface area contributed by atoms with E-state index in [2.05, 4.69) is 26.6 Å². The summed E-state index contributed by atoms with van der Waals surface area (Å²) in [6.45, 7) is 1.26. The molecule has 146 valence electrons. The highest BCUT2D eigenvalue weighted by Gasteiger charge is 2.18. The smallest absolute Gasteiger partial charge is 0.256 e. The number of ketones is 1. The molecule has 0 spiro atoms. The highest BCUT2D eigenvalue weighted by molar-refractivity contribution is 9.10. The quantitative estimate of drug-likeness (QED) is 0.530. The summed E-state index contributed by atoms with van der Waals surface area (Å²) < 4.78 is 14.6. The maximum atomic E-state index is 13.8. The normalized spacial score (nSPS) is 10.3. The molecule has 3 aromatic rings. The van der Waals surface area contributed by atoms with E-state index < -0.39 is 17.6 Å². The van der Waals surface area contributed by atoms with E-state index >= 15 is 0 Å². The van der Waals surface area contributed by atoms with E-state index in [0.717, 1.165) is 10.5 Å². The van der Waals surface area contributed by atoms with Crippen molar-refractivity contribution in [3.63, 3.8) is 0 Å². The Hall–Kier alpha value is -3.32. The number of halogens is 2. The average molecular weight is 455 g/mol. The lowest BCUT2D eigenvalue weighted by atomic mass is 9.98. The zero-order valence-electron chi connectivity index (χ0n) is 15.3. The molecule has 0 saturated carbocycles. The molecule has 0 heterocycles. The summed E-state index contributed by atoms with van der Waals surface area (Å²) in [7, 11) is 0. The summed E-state index contributed by atoms with van der Waals surface area (Å²) in [5.74, 6) is -1.87. The van der Waals surface area contributed by atoms with E-state index in [-0.39, 0.29) is 28.3 Å². The Morgan fingerprint density at radius 2 is 1.52 bits per heavy atom. The highest BCUT2D eigenvalue weighted by Crippen LogP contribution is 2.22. The maximum Gasteiger partial charge on any atom is 0.256 e. The number of rotatable bonds is 5. The van der Waals surface area contributed by atoms with Crippen LogP contribution in [0.25, 0.3) is 0 Å². The number of carbonyl (C=O) groups excluding carboxylic acids is 3. The number of nitrogens with one attached hydrogen (secondary N) is 2. The molecule has 7 heteroatoms. The molecular weight excluding hydrogens is 439 g/mol. The van der Waals surface area contributed by atoms with Crippen molar-refractivity contribution in [1.82, 2.24) is 0 Å². The summed E-state index contributed by atoms with van der Waals surface area (Å²) in [5, 5.41) is 5.00. The molecule has 0 aromatic heterocycles. The molecule has 29 heavy (non-hydrogen) atoms. The van der Waals surface area contributed by atoms with Crippen LogP contribution in [0.1, 0.15) is 33.2 Å². The third-order valence-electron chi connectivity index (χ3n) is 4.06. The van der Waals surface area contributed by atoms with Crippen LogP contribution < -0.4 is 10.6 Å². The van der Waals surface area contributed by atoms with Crippen molar-refractivity contribution in [3.05, 3.63) is 93.7 Å². The fourth-order valence-electron chi connectivity index (χ4n) is 2.72. The minimum Gasteiger partial charge on any atom is -0.324 e. The van der Waals surface area contributed by atoms with Gasteiger partial charge in [0.25, 0.3) is 5.91 Å². The lowest BCUT2D eigenvalue weighted by Crippen LogP contribution is -2.17. The van der Waals surface area contributed by atoms with Gasteiger partial charge < -0.3 is 10.6 Å². The van der Waals surface area contributed by atoms with Crippen molar-refractivity contribution < 1.29 is 18.8 Å². The van der Waals surface area contributed by atoms with Gasteiger partial charge in [-0.3, -0.25) is 14.4 Å². The average Bonchev–Trinajstić information content (AvgIpc) is 2.70. The van der Waals surface area contributed by atoms with Gasteiger partial charge in [0, 0.05) is 28.2 Å². The molecule has 2 N–H and O–H groups in total. The topological polar surface area (TPSA) is 75.3 Å². The van der Waals surface area contributed by atoms with Gasteiger partial charge >= 0.3 is 0 Å². The van der Waals surface area contributed by atoms with Crippen LogP contribution in [-0.2, 0) is 4.79 Å². The molecule has 0 aliphatic heterocycles. The van der Waals surface area contributed by atoms with Crippen LogP contribution in [0.15, 0.2) is 71.2 Å². The van der Waals surface area contributed by atoms with Crippen LogP contribution >= 0.6 is 15.9 Å². The summed E-state index contributed by atoms with van der Waals surface area (Å²) in [6.07, 6.45) is 0. The molecule has 0 fully saturated rings. The van der Waals surface area contributed by atoms with E-state index in [9.17, 15) is 18.8 Å². The zero-order valence-corrected chi connectivity index (χ0v) is 16.9. The lowest BCUT2D eigenvalue weighted by Gasteiger charge is -2.11. The van der Waals surface area contributed by atoms with Crippen LogP contribution in [0.5, 0.6) is 0 Å². The van der Waals surface area contributed by atoms with Crippen LogP contribution in [0.2, 0.25) is 0 Å². The molecule has 0 atom stereocenters. The molecule has 3 rings (SSSR count). The molecule has 0 aliphatic carbocycles. The first-order chi connectivity index (χ1) is 13.8. The monoisotopic (exact) mass is 454 g/mol. The Bertz CT molecular complexity index is 1100. The van der Waals surface area contributed by atoms with E-state index in [0.29, 0.717) is 5.56 Å². The summed E-state index contributed by atoms with van der Waals surface area (Å²) in [4.78, 5) is 36.8. The third-order valence-corrected chi connectivity index (χ3v) is 4.59. The number of hydrogen-bond donors (Lipinski definition) is 2. The second-order valence-electron chi connectivity index (χ2n) is 6.21. The molecule has 5 nitrogen and oxygen atoms in total. The first-order valence-corrected chi connectivity index (χ1v) is 9.42. The van der Waals surface area contributed by atoms with Crippen molar-refractivity contribution in [2.45, 2.75) is 6.92 Å². The van der Waals surface area contributed by atoms with Gasteiger partial charge in [-0.15, -0.1) is 0 Å². The second kappa shape index (κ2) is 8.79. The molecule has 0 bridgehead atoms. The van der Waals surface area contributed by atoms with Crippen molar-refractivity contribution in [3.8, 4) is 0 Å². The first kappa shape index (κ1) is 20.4. The van der Waals surface area contributed by atoms with Crippen LogP contribution in [0.3, 0.4) is 0 Å². The second-order valence-corrected chi connectivity index (χ2v) is 7.13. The number of benzene rings is 3. The van der Waals surface area contributed by atoms with Gasteiger partial charge in [0.05, 0.1) is 11.3 Å². The SMILES string of the molecule is CC(=O)Nc1cc(NC(=O)c2ccccc2C(=O)c2ccc(Br)cc2)ccc1F. The van der Waals surface area contributed by atoms with Gasteiger partial charge in [0.1, 0.15) is 5.82 Å². The fourth-order valence-corrected chi connectivity index (χ4v) is 2.99. The van der Waals surface area contributed by atoms with Crippen molar-refractivity contribution in [2.75, 3.05) is 10.6 Å². The molecule has 0 aliphatic rings. The van der Waals surface area contributed by atoms with Gasteiger partial charge in [0.15, 0.2) is 5.78 Å². The zero-order chi connectivity index (χ0) is 21.0. The van der Waals surface area contributed by atoms with Crippen LogP contribution in [0, 0.1) is 5.82 Å². The minimum atomic E-state index is -0.621. The number of carbonyl (C=O) groups is 3. The predicted octanol–water partition coefficient (Wildman–Crippen LogP) is 5.03. The Balaban J connectivity index is 1.88. The number of hydrogen-bond acceptors (Lipinski definition) is 3. The fraction of sp³-hybridized carbons (Fsp3) is 0.0455. The number of anilines is 2. The van der Waals surface area contributed by atoms with Gasteiger partial charge in [-0.1, -0.05) is 34.1 Å². The first-order valence-electron chi connectivity index (χ1n) is 8.63. The molecule has 2 amide bonds. The van der Waals surface area contributed by atoms with E-state index in [1.54, 1.807) is 48.5 Å². The van der Waals surface area contributed by atoms with E-state index in [4.69, 9.17) is 0 Å². The predicted molar refractivity (Wildman–Crippen MR) is 113 cm³/mol. The Morgan fingerprint density at radius 3 is 2.17 bits per heavy atom. The summed E-state index contributed by atoms with van der Waals surface area (Å²) in [6, 6.07) is 17.1. The largest absolute Gasteiger partial charge is 0.324 e. The Labute approximate surface area is 175 Å². The highest BCUT2D eigenvalue weighted by atomic mass is 79.9. The van der Waals surface area contributed by atoms with Crippen molar-refractivity contribution in [2.24, 2.45) is 0 Å². The summed E-state index contributed by atoms with van der Waals surface area (Å²) >= 11 is 3.32. The van der Waals surface area contributed by atoms with Gasteiger partial charge in [-0.25, -0.2) is 4.39 Å². The van der Waals surface area contributed by atoms with E-state index in [1.807, 2.05) is 0 Å². The summed E-state index contributed by atoms with van der Waals surface area (Å²) in [5.41, 5.74) is 1.12. The van der Waals surface area contributed by atoms with Gasteiger partial charge in [-0.2, -0.15) is 0 Å². The van der Waals surface area contributed by atoms with Crippen molar-refractivity contribution in [1.29, 1.82) is 0 Å². The standard InChI is InChI=1S/C22H16BrFN2O3/c1-13(27)25-20-12-16(10-11-19(20)24)26-22(29)18-5-3-2-4-17(18)21(28)14-6-8-15(23)9-7-14/h2-12H,1H3,(H,25,27)(H,26,29). The van der Waals surface area contributed by atoms with E-state index in [1.165, 1.54) is 19.1 Å². The lowest BCUT2D eigenvalue weighted by molar-refractivity contribution is -0.114. The molecule has 0 saturated heterocycles. The minimum absolute atomic E-state index is 0.0467. The van der Waals surface area contributed by atoms with Crippen molar-refractivity contribution >= 4 is 44.9 Å².